The van der Waals surface area contributed by atoms with Crippen molar-refractivity contribution in [1.82, 2.24) is 4.90 Å². The Morgan fingerprint density at radius 3 is 2.33 bits per heavy atom. The van der Waals surface area contributed by atoms with Crippen LogP contribution in [0, 0.1) is 0 Å². The fourth-order valence-electron chi connectivity index (χ4n) is 1.73. The van der Waals surface area contributed by atoms with Gasteiger partial charge in [-0.1, -0.05) is 6.58 Å². The summed E-state index contributed by atoms with van der Waals surface area (Å²) in [4.78, 5) is 23.3. The highest BCUT2D eigenvalue weighted by atomic mass is 16.4. The standard InChI is InChI=1S/C10H15NO4/c1-2-8(12)11-5-3-10(15,4-6-11)7-9(13)14/h2,15H,1,3-7H2,(H,13,14). The molecule has 0 saturated carbocycles. The summed E-state index contributed by atoms with van der Waals surface area (Å²) in [5.41, 5.74) is -1.16. The largest absolute Gasteiger partial charge is 0.481 e. The number of hydrogen-bond donors (Lipinski definition) is 2. The molecular weight excluding hydrogens is 198 g/mol. The molecule has 0 atom stereocenters. The van der Waals surface area contributed by atoms with E-state index in [0.717, 1.165) is 0 Å². The minimum Gasteiger partial charge on any atom is -0.481 e. The Bertz CT molecular complexity index is 279. The average molecular weight is 213 g/mol. The molecule has 0 aromatic rings. The van der Waals surface area contributed by atoms with Crippen LogP contribution in [0.3, 0.4) is 0 Å². The number of nitrogens with zero attached hydrogens (tertiary/aromatic N) is 1. The van der Waals surface area contributed by atoms with Gasteiger partial charge in [0, 0.05) is 13.1 Å². The van der Waals surface area contributed by atoms with Crippen LogP contribution < -0.4 is 0 Å². The summed E-state index contributed by atoms with van der Waals surface area (Å²) in [5.74, 6) is -1.19. The van der Waals surface area contributed by atoms with Gasteiger partial charge < -0.3 is 15.1 Å². The number of rotatable bonds is 3. The molecule has 84 valence electrons. The second-order valence-electron chi connectivity index (χ2n) is 3.82. The molecule has 1 aliphatic heterocycles. The molecule has 1 fully saturated rings. The fraction of sp³-hybridized carbons (Fsp3) is 0.600. The minimum absolute atomic E-state index is 0.174. The van der Waals surface area contributed by atoms with Crippen LogP contribution in [0.4, 0.5) is 0 Å². The lowest BCUT2D eigenvalue weighted by Crippen LogP contribution is -2.47. The Balaban J connectivity index is 2.51. The van der Waals surface area contributed by atoms with Gasteiger partial charge in [0.25, 0.3) is 0 Å². The molecule has 1 heterocycles. The molecule has 5 nitrogen and oxygen atoms in total. The van der Waals surface area contributed by atoms with Crippen LogP contribution >= 0.6 is 0 Å². The van der Waals surface area contributed by atoms with Gasteiger partial charge in [0.05, 0.1) is 12.0 Å². The number of aliphatic hydroxyl groups is 1. The van der Waals surface area contributed by atoms with Crippen molar-refractivity contribution >= 4 is 11.9 Å². The maximum atomic E-state index is 11.2. The maximum Gasteiger partial charge on any atom is 0.306 e. The van der Waals surface area contributed by atoms with E-state index >= 15 is 0 Å². The zero-order chi connectivity index (χ0) is 11.5. The predicted octanol–water partition coefficient (Wildman–Crippen LogP) is 0.000600. The molecule has 0 unspecified atom stereocenters. The summed E-state index contributed by atoms with van der Waals surface area (Å²) < 4.78 is 0. The lowest BCUT2D eigenvalue weighted by molar-refractivity contribution is -0.145. The predicted molar refractivity (Wildman–Crippen MR) is 53.2 cm³/mol. The van der Waals surface area contributed by atoms with Crippen molar-refractivity contribution in [3.8, 4) is 0 Å². The monoisotopic (exact) mass is 213 g/mol. The molecule has 1 saturated heterocycles. The number of carboxylic acids is 1. The summed E-state index contributed by atoms with van der Waals surface area (Å²) in [7, 11) is 0. The van der Waals surface area contributed by atoms with E-state index in [0.29, 0.717) is 25.9 Å². The van der Waals surface area contributed by atoms with Gasteiger partial charge >= 0.3 is 5.97 Å². The number of carbonyl (C=O) groups excluding carboxylic acids is 1. The number of piperidine rings is 1. The summed E-state index contributed by atoms with van der Waals surface area (Å²) in [6, 6.07) is 0. The van der Waals surface area contributed by atoms with Crippen LogP contribution in [0.2, 0.25) is 0 Å². The van der Waals surface area contributed by atoms with E-state index in [1.165, 1.54) is 6.08 Å². The lowest BCUT2D eigenvalue weighted by atomic mass is 9.88. The molecule has 2 N–H and O–H groups in total. The quantitative estimate of drug-likeness (QED) is 0.647. The smallest absolute Gasteiger partial charge is 0.306 e. The normalized spacial score (nSPS) is 19.7. The number of aliphatic carboxylic acids is 1. The van der Waals surface area contributed by atoms with Gasteiger partial charge in [-0.15, -0.1) is 0 Å². The van der Waals surface area contributed by atoms with E-state index in [-0.39, 0.29) is 12.3 Å². The second-order valence-corrected chi connectivity index (χ2v) is 3.82. The molecule has 0 bridgehead atoms. The Hall–Kier alpha value is -1.36. The van der Waals surface area contributed by atoms with Gasteiger partial charge in [-0.2, -0.15) is 0 Å². The van der Waals surface area contributed by atoms with E-state index in [1.54, 1.807) is 4.90 Å². The van der Waals surface area contributed by atoms with Crippen LogP contribution in [0.1, 0.15) is 19.3 Å². The third-order valence-electron chi connectivity index (χ3n) is 2.66. The number of hydrogen-bond acceptors (Lipinski definition) is 3. The lowest BCUT2D eigenvalue weighted by Gasteiger charge is -2.36. The van der Waals surface area contributed by atoms with Crippen molar-refractivity contribution in [3.05, 3.63) is 12.7 Å². The SMILES string of the molecule is C=CC(=O)N1CCC(O)(CC(=O)O)CC1. The Labute approximate surface area is 88.0 Å². The van der Waals surface area contributed by atoms with Crippen molar-refractivity contribution in [3.63, 3.8) is 0 Å². The summed E-state index contributed by atoms with van der Waals surface area (Å²) in [6.07, 6.45) is 1.57. The molecule has 1 rings (SSSR count). The topological polar surface area (TPSA) is 77.8 Å². The van der Waals surface area contributed by atoms with E-state index in [2.05, 4.69) is 6.58 Å². The third kappa shape index (κ3) is 3.06. The van der Waals surface area contributed by atoms with Gasteiger partial charge in [-0.05, 0) is 18.9 Å². The molecule has 1 aliphatic rings. The zero-order valence-electron chi connectivity index (χ0n) is 8.48. The summed E-state index contributed by atoms with van der Waals surface area (Å²) in [5, 5.41) is 18.5. The fourth-order valence-corrected chi connectivity index (χ4v) is 1.73. The van der Waals surface area contributed by atoms with Gasteiger partial charge in [-0.3, -0.25) is 9.59 Å². The molecule has 0 aliphatic carbocycles. The van der Waals surface area contributed by atoms with E-state index < -0.39 is 11.6 Å². The maximum absolute atomic E-state index is 11.2. The van der Waals surface area contributed by atoms with Crippen molar-refractivity contribution in [2.45, 2.75) is 24.9 Å². The van der Waals surface area contributed by atoms with Gasteiger partial charge in [0.15, 0.2) is 0 Å². The molecule has 0 radical (unpaired) electrons. The van der Waals surface area contributed by atoms with Crippen molar-refractivity contribution < 1.29 is 19.8 Å². The first-order chi connectivity index (χ1) is 6.97. The Kier molecular flexibility index (Phi) is 3.47. The van der Waals surface area contributed by atoms with Crippen molar-refractivity contribution in [1.29, 1.82) is 0 Å². The molecule has 0 aromatic carbocycles. The average Bonchev–Trinajstić information content (AvgIpc) is 2.16. The van der Waals surface area contributed by atoms with Crippen LogP contribution in [-0.2, 0) is 9.59 Å². The van der Waals surface area contributed by atoms with Crippen molar-refractivity contribution in [2.75, 3.05) is 13.1 Å². The molecule has 0 aromatic heterocycles. The first-order valence-corrected chi connectivity index (χ1v) is 4.82. The number of likely N-dealkylation sites (tertiary alicyclic amines) is 1. The Morgan fingerprint density at radius 2 is 1.93 bits per heavy atom. The Morgan fingerprint density at radius 1 is 1.40 bits per heavy atom. The second kappa shape index (κ2) is 4.44. The first kappa shape index (κ1) is 11.7. The van der Waals surface area contributed by atoms with Crippen LogP contribution in [0.15, 0.2) is 12.7 Å². The highest BCUT2D eigenvalue weighted by Gasteiger charge is 2.35. The zero-order valence-corrected chi connectivity index (χ0v) is 8.48. The highest BCUT2D eigenvalue weighted by Crippen LogP contribution is 2.25. The highest BCUT2D eigenvalue weighted by molar-refractivity contribution is 5.87. The van der Waals surface area contributed by atoms with Crippen molar-refractivity contribution in [2.24, 2.45) is 0 Å². The van der Waals surface area contributed by atoms with Gasteiger partial charge in [0.2, 0.25) is 5.91 Å². The van der Waals surface area contributed by atoms with E-state index in [4.69, 9.17) is 5.11 Å². The van der Waals surface area contributed by atoms with E-state index in [9.17, 15) is 14.7 Å². The van der Waals surface area contributed by atoms with Crippen LogP contribution in [0.5, 0.6) is 0 Å². The molecule has 15 heavy (non-hydrogen) atoms. The summed E-state index contributed by atoms with van der Waals surface area (Å²) in [6.45, 7) is 4.14. The van der Waals surface area contributed by atoms with Crippen LogP contribution in [-0.4, -0.2) is 45.7 Å². The molecule has 5 heteroatoms. The van der Waals surface area contributed by atoms with Crippen LogP contribution in [0.25, 0.3) is 0 Å². The number of amides is 1. The summed E-state index contributed by atoms with van der Waals surface area (Å²) >= 11 is 0. The van der Waals surface area contributed by atoms with E-state index in [1.807, 2.05) is 0 Å². The molecular formula is C10H15NO4. The molecule has 1 amide bonds. The molecule has 0 spiro atoms. The first-order valence-electron chi connectivity index (χ1n) is 4.82. The van der Waals surface area contributed by atoms with Gasteiger partial charge in [0.1, 0.15) is 0 Å². The number of carbonyl (C=O) groups is 2. The number of carboxylic acid groups (broad SMARTS) is 1. The minimum atomic E-state index is -1.16. The van der Waals surface area contributed by atoms with Gasteiger partial charge in [-0.25, -0.2) is 0 Å². The third-order valence-corrected chi connectivity index (χ3v) is 2.66.